The van der Waals surface area contributed by atoms with Gasteiger partial charge in [-0.25, -0.2) is 0 Å². The molecule has 0 saturated carbocycles. The number of rotatable bonds is 5. The van der Waals surface area contributed by atoms with Gasteiger partial charge >= 0.3 is 0 Å². The molecule has 98 valence electrons. The molecule has 2 nitrogen and oxygen atoms in total. The van der Waals surface area contributed by atoms with Gasteiger partial charge in [-0.05, 0) is 37.0 Å². The van der Waals surface area contributed by atoms with Gasteiger partial charge in [-0.1, -0.05) is 37.6 Å². The maximum atomic E-state index is 11.4. The lowest BCUT2D eigenvalue weighted by Crippen LogP contribution is -1.93. The molecule has 0 atom stereocenters. The molecule has 1 aromatic heterocycles. The van der Waals surface area contributed by atoms with Crippen LogP contribution in [0.25, 0.3) is 11.1 Å². The van der Waals surface area contributed by atoms with E-state index in [0.29, 0.717) is 5.56 Å². The Balaban J connectivity index is 2.22. The molecule has 19 heavy (non-hydrogen) atoms. The lowest BCUT2D eigenvalue weighted by atomic mass is 10.0. The molecule has 0 aliphatic rings. The van der Waals surface area contributed by atoms with Crippen molar-refractivity contribution in [1.29, 1.82) is 0 Å². The lowest BCUT2D eigenvalue weighted by molar-refractivity contribution is 0.101. The Hall–Kier alpha value is -1.96. The Bertz CT molecular complexity index is 558. The van der Waals surface area contributed by atoms with Crippen LogP contribution in [0.15, 0.2) is 42.7 Å². The van der Waals surface area contributed by atoms with Gasteiger partial charge in [0.15, 0.2) is 5.78 Å². The van der Waals surface area contributed by atoms with Crippen molar-refractivity contribution in [2.75, 3.05) is 0 Å². The van der Waals surface area contributed by atoms with Crippen molar-refractivity contribution in [2.45, 2.75) is 33.1 Å². The minimum absolute atomic E-state index is 0.0499. The van der Waals surface area contributed by atoms with E-state index in [1.54, 1.807) is 19.3 Å². The topological polar surface area (TPSA) is 30.0 Å². The number of hydrogen-bond donors (Lipinski definition) is 0. The second-order valence-corrected chi connectivity index (χ2v) is 4.82. The number of benzene rings is 1. The lowest BCUT2D eigenvalue weighted by Gasteiger charge is -2.05. The first-order valence-electron chi connectivity index (χ1n) is 6.76. The van der Waals surface area contributed by atoms with Crippen molar-refractivity contribution < 1.29 is 4.79 Å². The number of unbranched alkanes of at least 4 members (excludes halogenated alkanes) is 1. The number of aromatic nitrogens is 1. The van der Waals surface area contributed by atoms with Crippen LogP contribution < -0.4 is 0 Å². The highest BCUT2D eigenvalue weighted by Gasteiger charge is 2.03. The summed E-state index contributed by atoms with van der Waals surface area (Å²) in [4.78, 5) is 15.5. The van der Waals surface area contributed by atoms with E-state index in [0.717, 1.165) is 17.5 Å². The Morgan fingerprint density at radius 1 is 1.11 bits per heavy atom. The summed E-state index contributed by atoms with van der Waals surface area (Å²) in [6, 6.07) is 10.4. The zero-order chi connectivity index (χ0) is 13.7. The predicted molar refractivity (Wildman–Crippen MR) is 78.3 cm³/mol. The van der Waals surface area contributed by atoms with Crippen LogP contribution in [-0.2, 0) is 6.42 Å². The van der Waals surface area contributed by atoms with Crippen LogP contribution in [0.1, 0.15) is 42.6 Å². The second kappa shape index (κ2) is 6.28. The largest absolute Gasteiger partial charge is 0.294 e. The van der Waals surface area contributed by atoms with Crippen LogP contribution in [0.5, 0.6) is 0 Å². The van der Waals surface area contributed by atoms with Gasteiger partial charge in [0.05, 0.1) is 0 Å². The van der Waals surface area contributed by atoms with Crippen LogP contribution in [0.3, 0.4) is 0 Å². The summed E-state index contributed by atoms with van der Waals surface area (Å²) in [6.45, 7) is 3.77. The van der Waals surface area contributed by atoms with E-state index < -0.39 is 0 Å². The molecule has 0 N–H and O–H groups in total. The van der Waals surface area contributed by atoms with E-state index in [2.05, 4.69) is 36.2 Å². The summed E-state index contributed by atoms with van der Waals surface area (Å²) >= 11 is 0. The van der Waals surface area contributed by atoms with Crippen LogP contribution in [-0.4, -0.2) is 10.8 Å². The van der Waals surface area contributed by atoms with E-state index in [9.17, 15) is 4.79 Å². The molecule has 0 fully saturated rings. The Morgan fingerprint density at radius 3 is 2.47 bits per heavy atom. The van der Waals surface area contributed by atoms with Crippen molar-refractivity contribution in [2.24, 2.45) is 0 Å². The predicted octanol–water partition coefficient (Wildman–Crippen LogP) is 4.29. The first kappa shape index (κ1) is 13.5. The highest BCUT2D eigenvalue weighted by atomic mass is 16.1. The molecule has 0 aliphatic carbocycles. The summed E-state index contributed by atoms with van der Waals surface area (Å²) < 4.78 is 0. The van der Waals surface area contributed by atoms with Gasteiger partial charge in [0.2, 0.25) is 0 Å². The monoisotopic (exact) mass is 253 g/mol. The highest BCUT2D eigenvalue weighted by Crippen LogP contribution is 2.20. The smallest absolute Gasteiger partial charge is 0.161 e. The molecule has 0 bridgehead atoms. The zero-order valence-corrected chi connectivity index (χ0v) is 11.5. The number of carbonyl (C=O) groups excluding carboxylic acids is 1. The number of hydrogen-bond acceptors (Lipinski definition) is 2. The van der Waals surface area contributed by atoms with Crippen molar-refractivity contribution in [3.8, 4) is 11.1 Å². The second-order valence-electron chi connectivity index (χ2n) is 4.82. The fraction of sp³-hybridized carbons (Fsp3) is 0.294. The average molecular weight is 253 g/mol. The SMILES string of the molecule is CCCCc1ccc(-c2cncc(C(C)=O)c2)cc1. The molecule has 2 aromatic rings. The highest BCUT2D eigenvalue weighted by molar-refractivity contribution is 5.94. The standard InChI is InChI=1S/C17H19NO/c1-3-4-5-14-6-8-15(9-7-14)17-10-16(13(2)19)11-18-12-17/h6-12H,3-5H2,1-2H3. The molecule has 0 unspecified atom stereocenters. The maximum absolute atomic E-state index is 11.4. The van der Waals surface area contributed by atoms with Crippen LogP contribution in [0, 0.1) is 0 Å². The minimum atomic E-state index is 0.0499. The fourth-order valence-electron chi connectivity index (χ4n) is 2.04. The van der Waals surface area contributed by atoms with Crippen LogP contribution in [0.2, 0.25) is 0 Å². The zero-order valence-electron chi connectivity index (χ0n) is 11.5. The molecule has 0 saturated heterocycles. The summed E-state index contributed by atoms with van der Waals surface area (Å²) in [5.74, 6) is 0.0499. The third kappa shape index (κ3) is 3.50. The van der Waals surface area contributed by atoms with Gasteiger partial charge in [-0.15, -0.1) is 0 Å². The summed E-state index contributed by atoms with van der Waals surface area (Å²) in [5.41, 5.74) is 4.12. The summed E-state index contributed by atoms with van der Waals surface area (Å²) in [7, 11) is 0. The van der Waals surface area contributed by atoms with Crippen molar-refractivity contribution >= 4 is 5.78 Å². The Labute approximate surface area is 114 Å². The number of aryl methyl sites for hydroxylation is 1. The number of Topliss-reactive ketones (excluding diaryl/α,β-unsaturated/α-hetero) is 1. The minimum Gasteiger partial charge on any atom is -0.294 e. The molecule has 0 radical (unpaired) electrons. The van der Waals surface area contributed by atoms with Crippen LogP contribution >= 0.6 is 0 Å². The van der Waals surface area contributed by atoms with Gasteiger partial charge in [-0.2, -0.15) is 0 Å². The van der Waals surface area contributed by atoms with E-state index in [1.165, 1.54) is 18.4 Å². The molecule has 0 amide bonds. The average Bonchev–Trinajstić information content (AvgIpc) is 2.46. The van der Waals surface area contributed by atoms with Gasteiger partial charge in [0.25, 0.3) is 0 Å². The van der Waals surface area contributed by atoms with Gasteiger partial charge in [0.1, 0.15) is 0 Å². The van der Waals surface area contributed by atoms with E-state index >= 15 is 0 Å². The quantitative estimate of drug-likeness (QED) is 0.744. The van der Waals surface area contributed by atoms with Gasteiger partial charge < -0.3 is 0 Å². The van der Waals surface area contributed by atoms with Crippen molar-refractivity contribution in [3.05, 3.63) is 53.9 Å². The Morgan fingerprint density at radius 2 is 1.84 bits per heavy atom. The molecular formula is C17H19NO. The number of pyridine rings is 1. The molecule has 2 heteroatoms. The fourth-order valence-corrected chi connectivity index (χ4v) is 2.04. The van der Waals surface area contributed by atoms with Crippen LogP contribution in [0.4, 0.5) is 0 Å². The van der Waals surface area contributed by atoms with Crippen molar-refractivity contribution in [3.63, 3.8) is 0 Å². The number of ketones is 1. The first-order chi connectivity index (χ1) is 9.20. The number of carbonyl (C=O) groups is 1. The third-order valence-corrected chi connectivity index (χ3v) is 3.25. The third-order valence-electron chi connectivity index (χ3n) is 3.25. The van der Waals surface area contributed by atoms with E-state index in [4.69, 9.17) is 0 Å². The molecular weight excluding hydrogens is 234 g/mol. The molecule has 1 aromatic carbocycles. The molecule has 1 heterocycles. The normalized spacial score (nSPS) is 10.4. The van der Waals surface area contributed by atoms with Gasteiger partial charge in [0, 0.05) is 23.5 Å². The van der Waals surface area contributed by atoms with E-state index in [-0.39, 0.29) is 5.78 Å². The molecule has 0 aliphatic heterocycles. The summed E-state index contributed by atoms with van der Waals surface area (Å²) in [5, 5.41) is 0. The van der Waals surface area contributed by atoms with Crippen molar-refractivity contribution in [1.82, 2.24) is 4.98 Å². The molecule has 2 rings (SSSR count). The number of nitrogens with zero attached hydrogens (tertiary/aromatic N) is 1. The molecule has 0 spiro atoms. The first-order valence-corrected chi connectivity index (χ1v) is 6.76. The Kier molecular flexibility index (Phi) is 4.45. The summed E-state index contributed by atoms with van der Waals surface area (Å²) in [6.07, 6.45) is 6.98. The maximum Gasteiger partial charge on any atom is 0.161 e. The van der Waals surface area contributed by atoms with Gasteiger partial charge in [-0.3, -0.25) is 9.78 Å². The van der Waals surface area contributed by atoms with E-state index in [1.807, 2.05) is 6.07 Å².